The Kier molecular flexibility index (Phi) is 12.2. The second-order valence-electron chi connectivity index (χ2n) is 19.0. The quantitative estimate of drug-likeness (QED) is 0.230. The van der Waals surface area contributed by atoms with Crippen molar-refractivity contribution in [1.82, 2.24) is 5.09 Å². The summed E-state index contributed by atoms with van der Waals surface area (Å²) in [5.41, 5.74) is 9.64. The molecule has 0 spiro atoms. The highest BCUT2D eigenvalue weighted by Crippen LogP contribution is 2.57. The van der Waals surface area contributed by atoms with Gasteiger partial charge in [-0.1, -0.05) is 158 Å². The highest BCUT2D eigenvalue weighted by molar-refractivity contribution is 7.67. The van der Waals surface area contributed by atoms with E-state index >= 15 is 0 Å². The van der Waals surface area contributed by atoms with Crippen LogP contribution in [0.25, 0.3) is 0 Å². The van der Waals surface area contributed by atoms with Gasteiger partial charge in [0.15, 0.2) is 7.43 Å². The molecule has 0 aliphatic rings. The molecule has 3 aromatic carbocycles. The minimum Gasteiger partial charge on any atom is -0.324 e. The first kappa shape index (κ1) is 40.2. The van der Waals surface area contributed by atoms with Gasteiger partial charge in [-0.25, -0.2) is 4.74 Å². The van der Waals surface area contributed by atoms with Crippen LogP contribution < -0.4 is 10.4 Å². The molecule has 0 aliphatic heterocycles. The van der Waals surface area contributed by atoms with Gasteiger partial charge in [-0.2, -0.15) is 0 Å². The minimum absolute atomic E-state index is 0.000528. The Hall–Kier alpha value is -2.19. The number of hydrogen-bond acceptors (Lipinski definition) is 2. The van der Waals surface area contributed by atoms with Crippen molar-refractivity contribution in [3.63, 3.8) is 0 Å². The van der Waals surface area contributed by atoms with Crippen molar-refractivity contribution < 1.29 is 4.52 Å². The predicted molar refractivity (Wildman–Crippen MR) is 214 cm³/mol. The van der Waals surface area contributed by atoms with Crippen molar-refractivity contribution in [2.24, 2.45) is 4.74 Å². The summed E-state index contributed by atoms with van der Waals surface area (Å²) in [5.74, 6) is 1.00. The van der Waals surface area contributed by atoms with Crippen LogP contribution in [0.15, 0.2) is 59.3 Å². The van der Waals surface area contributed by atoms with Gasteiger partial charge in [0, 0.05) is 10.8 Å². The highest BCUT2D eigenvalue weighted by Gasteiger charge is 2.38. The van der Waals surface area contributed by atoms with Crippen molar-refractivity contribution in [2.45, 2.75) is 171 Å². The predicted octanol–water partition coefficient (Wildman–Crippen LogP) is 13.5. The van der Waals surface area contributed by atoms with E-state index in [1.54, 1.807) is 0 Å². The van der Waals surface area contributed by atoms with Crippen LogP contribution in [0.2, 0.25) is 0 Å². The van der Waals surface area contributed by atoms with Crippen LogP contribution in [0, 0.1) is 0 Å². The Morgan fingerprint density at radius 3 is 1.44 bits per heavy atom. The van der Waals surface area contributed by atoms with Crippen LogP contribution in [0.4, 0.5) is 5.69 Å². The lowest BCUT2D eigenvalue weighted by Crippen LogP contribution is -2.39. The summed E-state index contributed by atoms with van der Waals surface area (Å²) in [7, 11) is -2.96. The van der Waals surface area contributed by atoms with E-state index in [1.807, 2.05) is 0 Å². The summed E-state index contributed by atoms with van der Waals surface area (Å²) < 4.78 is 13.7. The van der Waals surface area contributed by atoms with Gasteiger partial charge < -0.3 is 4.52 Å². The van der Waals surface area contributed by atoms with E-state index in [1.165, 1.54) is 38.7 Å². The smallest absolute Gasteiger partial charge is 0.187 e. The molecule has 0 radical (unpaired) electrons. The molecule has 48 heavy (non-hydrogen) atoms. The molecule has 0 saturated carbocycles. The fraction of sp³-hybridized carbons (Fsp3) is 0.591. The van der Waals surface area contributed by atoms with E-state index in [0.717, 1.165) is 11.3 Å². The maximum Gasteiger partial charge on any atom is 0.187 e. The normalized spacial score (nSPS) is 14.6. The molecular formula is C44H69N2OP. The second kappa shape index (κ2) is 14.6. The van der Waals surface area contributed by atoms with E-state index in [0.29, 0.717) is 24.4 Å². The fourth-order valence-electron chi connectivity index (χ4n) is 6.18. The number of rotatable bonds is 9. The zero-order valence-corrected chi connectivity index (χ0v) is 34.8. The summed E-state index contributed by atoms with van der Waals surface area (Å²) in [6.07, 6.45) is 0. The van der Waals surface area contributed by atoms with E-state index < -0.39 is 7.43 Å². The molecule has 0 aromatic heterocycles. The first-order valence-electron chi connectivity index (χ1n) is 18.2. The molecule has 0 fully saturated rings. The third-order valence-corrected chi connectivity index (χ3v) is 12.1. The molecule has 3 rings (SSSR count). The maximum atomic E-state index is 7.53. The monoisotopic (exact) mass is 673 g/mol. The Balaban J connectivity index is 2.76. The molecule has 1 N–H and O–H groups in total. The molecule has 0 amide bonds. The third-order valence-electron chi connectivity index (χ3n) is 8.99. The van der Waals surface area contributed by atoms with E-state index in [-0.39, 0.29) is 21.8 Å². The van der Waals surface area contributed by atoms with Gasteiger partial charge in [0.25, 0.3) is 0 Å². The number of benzene rings is 3. The van der Waals surface area contributed by atoms with Crippen LogP contribution >= 0.6 is 7.43 Å². The zero-order valence-electron chi connectivity index (χ0n) is 33.9. The van der Waals surface area contributed by atoms with E-state index in [4.69, 9.17) is 9.27 Å². The summed E-state index contributed by atoms with van der Waals surface area (Å²) in [6.45, 7) is 42.1. The number of nitrogens with zero attached hydrogens (tertiary/aromatic N) is 1. The average molecular weight is 673 g/mol. The van der Waals surface area contributed by atoms with Crippen molar-refractivity contribution in [2.75, 3.05) is 0 Å². The molecule has 0 bridgehead atoms. The van der Waals surface area contributed by atoms with Crippen LogP contribution in [-0.2, 0) is 27.4 Å². The lowest BCUT2D eigenvalue weighted by molar-refractivity contribution is 0.323. The number of nitrogens with one attached hydrogen (secondary N) is 1. The van der Waals surface area contributed by atoms with Crippen molar-refractivity contribution in [3.05, 3.63) is 93.5 Å². The molecule has 4 heteroatoms. The van der Waals surface area contributed by atoms with Crippen LogP contribution in [-0.4, -0.2) is 5.54 Å². The maximum absolute atomic E-state index is 7.53. The van der Waals surface area contributed by atoms with Crippen molar-refractivity contribution >= 4 is 18.4 Å². The zero-order chi connectivity index (χ0) is 36.6. The Bertz CT molecular complexity index is 1540. The van der Waals surface area contributed by atoms with Crippen LogP contribution in [0.1, 0.15) is 181 Å². The topological polar surface area (TPSA) is 33.6 Å². The van der Waals surface area contributed by atoms with Crippen LogP contribution in [0.5, 0.6) is 0 Å². The second-order valence-corrected chi connectivity index (χ2v) is 21.3. The molecule has 1 unspecified atom stereocenters. The van der Waals surface area contributed by atoms with Gasteiger partial charge in [-0.15, -0.1) is 0 Å². The standard InChI is InChI=1S/C44H69N2OP/c1-29(2)33-24-35(30(3)4)40(36(25-33)31(5)6)48(46-44(16,17)18,47-28-32-22-20-19-21-23-32)45-39-37(42(10,11)12)26-34(41(7,8)9)27-38(39)43(13,14)15/h19-27,29-31,46H,28H2,1-18H3. The molecule has 0 aliphatic carbocycles. The van der Waals surface area contributed by atoms with Gasteiger partial charge in [0.05, 0.1) is 12.3 Å². The Morgan fingerprint density at radius 2 is 1.08 bits per heavy atom. The van der Waals surface area contributed by atoms with Gasteiger partial charge >= 0.3 is 0 Å². The summed E-state index contributed by atoms with van der Waals surface area (Å²) in [6, 6.07) is 20.4. The minimum atomic E-state index is -2.96. The molecule has 3 nitrogen and oxygen atoms in total. The molecule has 266 valence electrons. The number of hydrogen-bond donors (Lipinski definition) is 1. The van der Waals surface area contributed by atoms with Crippen molar-refractivity contribution in [3.8, 4) is 0 Å². The van der Waals surface area contributed by atoms with E-state index in [9.17, 15) is 0 Å². The highest BCUT2D eigenvalue weighted by atomic mass is 31.2. The third kappa shape index (κ3) is 9.74. The lowest BCUT2D eigenvalue weighted by atomic mass is 9.74. The molecule has 3 aromatic rings. The SMILES string of the molecule is CC(C)c1cc(C(C)C)c(P(=Nc2c(C(C)(C)C)cc(C(C)(C)C)cc2C(C)(C)C)(NC(C)(C)C)OCc2ccccc2)c(C(C)C)c1. The molecular weight excluding hydrogens is 603 g/mol. The summed E-state index contributed by atoms with van der Waals surface area (Å²) >= 11 is 0. The molecule has 0 heterocycles. The van der Waals surface area contributed by atoms with Crippen LogP contribution in [0.3, 0.4) is 0 Å². The first-order valence-corrected chi connectivity index (χ1v) is 19.9. The molecule has 0 saturated heterocycles. The average Bonchev–Trinajstić information content (AvgIpc) is 2.93. The van der Waals surface area contributed by atoms with Gasteiger partial charge in [-0.3, -0.25) is 5.09 Å². The Labute approximate surface area is 296 Å². The Morgan fingerprint density at radius 1 is 0.625 bits per heavy atom. The van der Waals surface area contributed by atoms with Gasteiger partial charge in [-0.05, 0) is 93.7 Å². The van der Waals surface area contributed by atoms with Crippen molar-refractivity contribution in [1.29, 1.82) is 0 Å². The van der Waals surface area contributed by atoms with Gasteiger partial charge in [0.1, 0.15) is 0 Å². The fourth-order valence-corrected chi connectivity index (χ4v) is 9.78. The summed E-state index contributed by atoms with van der Waals surface area (Å²) in [4.78, 5) is 0. The molecule has 1 atom stereocenters. The van der Waals surface area contributed by atoms with E-state index in [2.05, 4.69) is 184 Å². The lowest BCUT2D eigenvalue weighted by Gasteiger charge is -2.39. The largest absolute Gasteiger partial charge is 0.324 e. The first-order chi connectivity index (χ1) is 21.8. The summed E-state index contributed by atoms with van der Waals surface area (Å²) in [5, 5.41) is 5.43. The van der Waals surface area contributed by atoms with Gasteiger partial charge in [0.2, 0.25) is 0 Å².